The van der Waals surface area contributed by atoms with E-state index in [2.05, 4.69) is 50.3 Å². The first-order chi connectivity index (χ1) is 9.56. The highest BCUT2D eigenvalue weighted by atomic mass is 32.2. The number of hydrogen-bond acceptors (Lipinski definition) is 3. The van der Waals surface area contributed by atoms with Crippen molar-refractivity contribution in [3.8, 4) is 0 Å². The van der Waals surface area contributed by atoms with E-state index in [1.165, 1.54) is 30.6 Å². The van der Waals surface area contributed by atoms with E-state index in [0.29, 0.717) is 16.7 Å². The van der Waals surface area contributed by atoms with Crippen LogP contribution in [0.2, 0.25) is 0 Å². The Hall–Kier alpha value is -0.540. The minimum absolute atomic E-state index is 0.468. The summed E-state index contributed by atoms with van der Waals surface area (Å²) in [5.74, 6) is 0.844. The van der Waals surface area contributed by atoms with Gasteiger partial charge in [-0.05, 0) is 49.8 Å². The molecule has 0 aliphatic heterocycles. The maximum Gasteiger partial charge on any atom is 0.0278 e. The molecule has 3 heteroatoms. The zero-order valence-corrected chi connectivity index (χ0v) is 14.0. The summed E-state index contributed by atoms with van der Waals surface area (Å²) in [6.45, 7) is 7.20. The van der Waals surface area contributed by atoms with Crippen molar-refractivity contribution in [1.29, 1.82) is 0 Å². The van der Waals surface area contributed by atoms with E-state index in [-0.39, 0.29) is 0 Å². The number of nitrogens with zero attached hydrogens (tertiary/aromatic N) is 1. The molecule has 0 aromatic carbocycles. The third-order valence-corrected chi connectivity index (χ3v) is 6.48. The van der Waals surface area contributed by atoms with Crippen molar-refractivity contribution >= 4 is 11.8 Å². The SMILES string of the molecule is CCC(C)(C)C1CCC(NC)C(Sc2ccncc2)C1. The van der Waals surface area contributed by atoms with Gasteiger partial charge in [-0.2, -0.15) is 0 Å². The Morgan fingerprint density at radius 3 is 2.60 bits per heavy atom. The molecule has 1 aliphatic rings. The molecule has 112 valence electrons. The third kappa shape index (κ3) is 3.76. The Morgan fingerprint density at radius 1 is 1.30 bits per heavy atom. The number of thioether (sulfide) groups is 1. The molecule has 1 aromatic rings. The number of pyridine rings is 1. The molecular formula is C17H28N2S. The smallest absolute Gasteiger partial charge is 0.0278 e. The lowest BCUT2D eigenvalue weighted by molar-refractivity contribution is 0.142. The molecule has 1 fully saturated rings. The predicted octanol–water partition coefficient (Wildman–Crippen LogP) is 4.37. The van der Waals surface area contributed by atoms with Gasteiger partial charge < -0.3 is 5.32 Å². The zero-order chi connectivity index (χ0) is 14.6. The van der Waals surface area contributed by atoms with Gasteiger partial charge in [0.1, 0.15) is 0 Å². The first-order valence-electron chi connectivity index (χ1n) is 7.80. The molecule has 2 nitrogen and oxygen atoms in total. The number of hydrogen-bond donors (Lipinski definition) is 1. The highest BCUT2D eigenvalue weighted by molar-refractivity contribution is 8.00. The first kappa shape index (κ1) is 15.8. The molecular weight excluding hydrogens is 264 g/mol. The molecule has 0 spiro atoms. The second kappa shape index (κ2) is 6.95. The minimum Gasteiger partial charge on any atom is -0.316 e. The monoisotopic (exact) mass is 292 g/mol. The molecule has 2 rings (SSSR count). The van der Waals surface area contributed by atoms with Crippen LogP contribution >= 0.6 is 11.8 Å². The largest absolute Gasteiger partial charge is 0.316 e. The van der Waals surface area contributed by atoms with E-state index >= 15 is 0 Å². The van der Waals surface area contributed by atoms with Crippen molar-refractivity contribution in [1.82, 2.24) is 10.3 Å². The summed E-state index contributed by atoms with van der Waals surface area (Å²) in [6.07, 6.45) is 9.04. The molecule has 1 saturated carbocycles. The molecule has 1 N–H and O–H groups in total. The van der Waals surface area contributed by atoms with Crippen LogP contribution in [0.5, 0.6) is 0 Å². The average molecular weight is 292 g/mol. The maximum atomic E-state index is 4.12. The van der Waals surface area contributed by atoms with Crippen molar-refractivity contribution in [2.45, 2.75) is 62.6 Å². The first-order valence-corrected chi connectivity index (χ1v) is 8.68. The summed E-state index contributed by atoms with van der Waals surface area (Å²) >= 11 is 2.03. The van der Waals surface area contributed by atoms with E-state index in [0.717, 1.165) is 5.92 Å². The van der Waals surface area contributed by atoms with Gasteiger partial charge in [0.05, 0.1) is 0 Å². The molecule has 0 bridgehead atoms. The van der Waals surface area contributed by atoms with Gasteiger partial charge in [-0.25, -0.2) is 0 Å². The van der Waals surface area contributed by atoms with Crippen molar-refractivity contribution in [2.75, 3.05) is 7.05 Å². The quantitative estimate of drug-likeness (QED) is 0.872. The molecule has 1 aliphatic carbocycles. The van der Waals surface area contributed by atoms with Gasteiger partial charge >= 0.3 is 0 Å². The summed E-state index contributed by atoms with van der Waals surface area (Å²) in [5.41, 5.74) is 0.468. The van der Waals surface area contributed by atoms with Crippen LogP contribution in [0.1, 0.15) is 46.5 Å². The van der Waals surface area contributed by atoms with Crippen LogP contribution in [0.4, 0.5) is 0 Å². The highest BCUT2D eigenvalue weighted by Gasteiger charge is 2.37. The van der Waals surface area contributed by atoms with E-state index < -0.39 is 0 Å². The minimum atomic E-state index is 0.468. The van der Waals surface area contributed by atoms with E-state index in [1.54, 1.807) is 0 Å². The third-order valence-electron chi connectivity index (χ3n) is 5.12. The Bertz CT molecular complexity index is 405. The Kier molecular flexibility index (Phi) is 5.50. The average Bonchev–Trinajstić information content (AvgIpc) is 2.48. The Morgan fingerprint density at radius 2 is 2.00 bits per heavy atom. The van der Waals surface area contributed by atoms with Gasteiger partial charge in [0.15, 0.2) is 0 Å². The van der Waals surface area contributed by atoms with Gasteiger partial charge in [0, 0.05) is 28.6 Å². The van der Waals surface area contributed by atoms with Crippen LogP contribution in [0.25, 0.3) is 0 Å². The summed E-state index contributed by atoms with van der Waals surface area (Å²) in [7, 11) is 2.11. The fraction of sp³-hybridized carbons (Fsp3) is 0.706. The second-order valence-corrected chi connectivity index (χ2v) is 7.90. The van der Waals surface area contributed by atoms with Crippen molar-refractivity contribution in [2.24, 2.45) is 11.3 Å². The van der Waals surface area contributed by atoms with Crippen LogP contribution in [0.15, 0.2) is 29.4 Å². The fourth-order valence-electron chi connectivity index (χ4n) is 3.18. The standard InChI is InChI=1S/C17H28N2S/c1-5-17(2,3)13-6-7-15(18-4)16(12-13)20-14-8-10-19-11-9-14/h8-11,13,15-16,18H,5-7,12H2,1-4H3. The predicted molar refractivity (Wildman–Crippen MR) is 88.1 cm³/mol. The van der Waals surface area contributed by atoms with Gasteiger partial charge in [0.25, 0.3) is 0 Å². The molecule has 3 unspecified atom stereocenters. The molecule has 1 heterocycles. The number of rotatable bonds is 5. The molecule has 0 amide bonds. The number of aromatic nitrogens is 1. The Balaban J connectivity index is 2.07. The molecule has 20 heavy (non-hydrogen) atoms. The van der Waals surface area contributed by atoms with Crippen LogP contribution < -0.4 is 5.32 Å². The van der Waals surface area contributed by atoms with Gasteiger partial charge in [-0.1, -0.05) is 27.2 Å². The lowest BCUT2D eigenvalue weighted by atomic mass is 9.68. The van der Waals surface area contributed by atoms with Crippen molar-refractivity contribution in [3.63, 3.8) is 0 Å². The van der Waals surface area contributed by atoms with Crippen molar-refractivity contribution in [3.05, 3.63) is 24.5 Å². The molecule has 1 aromatic heterocycles. The van der Waals surface area contributed by atoms with E-state index in [4.69, 9.17) is 0 Å². The van der Waals surface area contributed by atoms with Gasteiger partial charge in [-0.15, -0.1) is 11.8 Å². The lowest BCUT2D eigenvalue weighted by Crippen LogP contribution is -2.43. The Labute approximate surface area is 128 Å². The highest BCUT2D eigenvalue weighted by Crippen LogP contribution is 2.44. The second-order valence-electron chi connectivity index (χ2n) is 6.59. The van der Waals surface area contributed by atoms with Crippen LogP contribution in [0.3, 0.4) is 0 Å². The zero-order valence-electron chi connectivity index (χ0n) is 13.2. The summed E-state index contributed by atoms with van der Waals surface area (Å²) in [5, 5.41) is 4.20. The topological polar surface area (TPSA) is 24.9 Å². The van der Waals surface area contributed by atoms with Crippen LogP contribution in [-0.2, 0) is 0 Å². The fourth-order valence-corrected chi connectivity index (χ4v) is 4.57. The molecule has 0 saturated heterocycles. The summed E-state index contributed by atoms with van der Waals surface area (Å²) in [6, 6.07) is 4.90. The van der Waals surface area contributed by atoms with Crippen LogP contribution in [0, 0.1) is 11.3 Å². The van der Waals surface area contributed by atoms with Crippen molar-refractivity contribution < 1.29 is 0 Å². The summed E-state index contributed by atoms with van der Waals surface area (Å²) in [4.78, 5) is 5.46. The van der Waals surface area contributed by atoms with Gasteiger partial charge in [0.2, 0.25) is 0 Å². The summed E-state index contributed by atoms with van der Waals surface area (Å²) < 4.78 is 0. The van der Waals surface area contributed by atoms with E-state index in [1.807, 2.05) is 24.2 Å². The maximum absolute atomic E-state index is 4.12. The molecule has 3 atom stereocenters. The van der Waals surface area contributed by atoms with Gasteiger partial charge in [-0.3, -0.25) is 4.98 Å². The number of nitrogens with one attached hydrogen (secondary N) is 1. The molecule has 0 radical (unpaired) electrons. The normalized spacial score (nSPS) is 27.5. The van der Waals surface area contributed by atoms with Crippen LogP contribution in [-0.4, -0.2) is 23.3 Å². The van der Waals surface area contributed by atoms with E-state index in [9.17, 15) is 0 Å². The lowest BCUT2D eigenvalue weighted by Gasteiger charge is -2.42.